The third-order valence-electron chi connectivity index (χ3n) is 2.77. The minimum Gasteiger partial charge on any atom is -0.491 e. The number of rotatable bonds is 6. The normalized spacial score (nSPS) is 11.4. The van der Waals surface area contributed by atoms with Gasteiger partial charge >= 0.3 is 0 Å². The molecule has 0 heterocycles. The molecule has 1 aromatic rings. The highest BCUT2D eigenvalue weighted by molar-refractivity contribution is 5.98. The molecule has 1 atom stereocenters. The summed E-state index contributed by atoms with van der Waals surface area (Å²) in [5.41, 5.74) is 6.73. The summed E-state index contributed by atoms with van der Waals surface area (Å²) in [5, 5.41) is 2.89. The minimum absolute atomic E-state index is 0.0339. The summed E-state index contributed by atoms with van der Waals surface area (Å²) in [5.74, 6) is 2.77. The average Bonchev–Trinajstić information content (AvgIpc) is 2.40. The van der Waals surface area contributed by atoms with Gasteiger partial charge in [-0.2, -0.15) is 0 Å². The molecule has 4 nitrogen and oxygen atoms in total. The van der Waals surface area contributed by atoms with Crippen LogP contribution in [0.15, 0.2) is 18.2 Å². The lowest BCUT2D eigenvalue weighted by Crippen LogP contribution is -2.34. The lowest BCUT2D eigenvalue weighted by Gasteiger charge is -2.17. The van der Waals surface area contributed by atoms with Crippen molar-refractivity contribution < 1.29 is 9.53 Å². The Labute approximate surface area is 114 Å². The van der Waals surface area contributed by atoms with E-state index in [2.05, 4.69) is 11.2 Å². The minimum atomic E-state index is -0.210. The van der Waals surface area contributed by atoms with Crippen LogP contribution in [0.25, 0.3) is 0 Å². The first-order chi connectivity index (χ1) is 9.13. The van der Waals surface area contributed by atoms with Crippen LogP contribution in [0, 0.1) is 12.3 Å². The average molecular weight is 260 g/mol. The largest absolute Gasteiger partial charge is 0.491 e. The summed E-state index contributed by atoms with van der Waals surface area (Å²) in [7, 11) is 0. The van der Waals surface area contributed by atoms with Crippen LogP contribution >= 0.6 is 0 Å². The first kappa shape index (κ1) is 14.9. The molecule has 0 aliphatic heterocycles. The van der Waals surface area contributed by atoms with Crippen LogP contribution in [0.1, 0.15) is 37.0 Å². The standard InChI is InChI=1S/C15H20N2O2/c1-4-8-11(5-2)17-15(18)12-9-7-10-13(16)14(12)19-6-3/h1,7,9-11H,5-6,8,16H2,2-3H3,(H,17,18). The Balaban J connectivity index is 2.93. The van der Waals surface area contributed by atoms with Crippen LogP contribution in [0.5, 0.6) is 5.75 Å². The molecule has 0 saturated carbocycles. The number of terminal acetylenes is 1. The number of amides is 1. The molecule has 102 valence electrons. The number of nitrogens with one attached hydrogen (secondary N) is 1. The zero-order valence-corrected chi connectivity index (χ0v) is 11.4. The van der Waals surface area contributed by atoms with Gasteiger partial charge in [-0.3, -0.25) is 4.79 Å². The molecule has 1 aromatic carbocycles. The molecule has 3 N–H and O–H groups in total. The fourth-order valence-electron chi connectivity index (χ4n) is 1.74. The lowest BCUT2D eigenvalue weighted by atomic mass is 10.1. The highest BCUT2D eigenvalue weighted by atomic mass is 16.5. The van der Waals surface area contributed by atoms with E-state index in [1.807, 2.05) is 13.8 Å². The molecule has 19 heavy (non-hydrogen) atoms. The number of nitrogen functional groups attached to an aromatic ring is 1. The smallest absolute Gasteiger partial charge is 0.255 e. The second kappa shape index (κ2) is 7.32. The molecule has 1 unspecified atom stereocenters. The van der Waals surface area contributed by atoms with Crippen molar-refractivity contribution in [1.82, 2.24) is 5.32 Å². The van der Waals surface area contributed by atoms with Crippen molar-refractivity contribution in [2.45, 2.75) is 32.7 Å². The Morgan fingerprint density at radius 2 is 2.26 bits per heavy atom. The summed E-state index contributed by atoms with van der Waals surface area (Å²) in [6.07, 6.45) is 6.56. The van der Waals surface area contributed by atoms with Crippen molar-refractivity contribution in [2.75, 3.05) is 12.3 Å². The molecular formula is C15H20N2O2. The topological polar surface area (TPSA) is 64.4 Å². The van der Waals surface area contributed by atoms with E-state index in [0.717, 1.165) is 6.42 Å². The van der Waals surface area contributed by atoms with Crippen molar-refractivity contribution in [2.24, 2.45) is 0 Å². The highest BCUT2D eigenvalue weighted by Crippen LogP contribution is 2.26. The molecular weight excluding hydrogens is 240 g/mol. The maximum Gasteiger partial charge on any atom is 0.255 e. The number of ether oxygens (including phenoxy) is 1. The van der Waals surface area contributed by atoms with Crippen LogP contribution in [0.3, 0.4) is 0 Å². The van der Waals surface area contributed by atoms with Crippen LogP contribution in [-0.2, 0) is 0 Å². The van der Waals surface area contributed by atoms with E-state index >= 15 is 0 Å². The van der Waals surface area contributed by atoms with Gasteiger partial charge in [-0.05, 0) is 25.5 Å². The summed E-state index contributed by atoms with van der Waals surface area (Å²) in [4.78, 5) is 12.2. The lowest BCUT2D eigenvalue weighted by molar-refractivity contribution is 0.0933. The second-order valence-corrected chi connectivity index (χ2v) is 4.14. The number of para-hydroxylation sites is 1. The van der Waals surface area contributed by atoms with Crippen molar-refractivity contribution >= 4 is 11.6 Å². The van der Waals surface area contributed by atoms with Crippen molar-refractivity contribution in [3.8, 4) is 18.1 Å². The summed E-state index contributed by atoms with van der Waals surface area (Å²) < 4.78 is 5.44. The van der Waals surface area contributed by atoms with E-state index in [9.17, 15) is 4.79 Å². The number of carbonyl (C=O) groups excluding carboxylic acids is 1. The van der Waals surface area contributed by atoms with Gasteiger partial charge < -0.3 is 15.8 Å². The number of anilines is 1. The second-order valence-electron chi connectivity index (χ2n) is 4.14. The van der Waals surface area contributed by atoms with Crippen LogP contribution in [0.4, 0.5) is 5.69 Å². The summed E-state index contributed by atoms with van der Waals surface area (Å²) in [6.45, 7) is 4.28. The fourth-order valence-corrected chi connectivity index (χ4v) is 1.74. The van der Waals surface area contributed by atoms with E-state index in [4.69, 9.17) is 16.9 Å². The van der Waals surface area contributed by atoms with Crippen LogP contribution < -0.4 is 15.8 Å². The van der Waals surface area contributed by atoms with Crippen LogP contribution in [-0.4, -0.2) is 18.6 Å². The van der Waals surface area contributed by atoms with Crippen molar-refractivity contribution in [1.29, 1.82) is 0 Å². The van der Waals surface area contributed by atoms with Crippen molar-refractivity contribution in [3.63, 3.8) is 0 Å². The van der Waals surface area contributed by atoms with E-state index < -0.39 is 0 Å². The molecule has 0 spiro atoms. The Bertz CT molecular complexity index is 478. The first-order valence-electron chi connectivity index (χ1n) is 6.39. The monoisotopic (exact) mass is 260 g/mol. The van der Waals surface area contributed by atoms with Gasteiger partial charge in [0, 0.05) is 12.5 Å². The molecule has 0 aromatic heterocycles. The third kappa shape index (κ3) is 3.92. The molecule has 0 aliphatic carbocycles. The highest BCUT2D eigenvalue weighted by Gasteiger charge is 2.17. The number of nitrogens with two attached hydrogens (primary N) is 1. The maximum absolute atomic E-state index is 12.2. The Morgan fingerprint density at radius 1 is 1.53 bits per heavy atom. The van der Waals surface area contributed by atoms with E-state index in [0.29, 0.717) is 30.0 Å². The van der Waals surface area contributed by atoms with Crippen LogP contribution in [0.2, 0.25) is 0 Å². The van der Waals surface area contributed by atoms with Crippen molar-refractivity contribution in [3.05, 3.63) is 23.8 Å². The number of hydrogen-bond acceptors (Lipinski definition) is 3. The van der Waals surface area contributed by atoms with Gasteiger partial charge in [-0.1, -0.05) is 13.0 Å². The van der Waals surface area contributed by atoms with Gasteiger partial charge in [0.15, 0.2) is 5.75 Å². The first-order valence-corrected chi connectivity index (χ1v) is 6.39. The predicted octanol–water partition coefficient (Wildman–Crippen LogP) is 2.20. The summed E-state index contributed by atoms with van der Waals surface area (Å²) >= 11 is 0. The molecule has 1 rings (SSSR count). The van der Waals surface area contributed by atoms with Gasteiger partial charge in [-0.25, -0.2) is 0 Å². The number of hydrogen-bond donors (Lipinski definition) is 2. The molecule has 4 heteroatoms. The van der Waals surface area contributed by atoms with Gasteiger partial charge in [0.05, 0.1) is 17.9 Å². The van der Waals surface area contributed by atoms with Gasteiger partial charge in [0.25, 0.3) is 5.91 Å². The zero-order valence-electron chi connectivity index (χ0n) is 11.4. The molecule has 0 fully saturated rings. The number of carbonyl (C=O) groups is 1. The third-order valence-corrected chi connectivity index (χ3v) is 2.77. The molecule has 0 bridgehead atoms. The molecule has 1 amide bonds. The zero-order chi connectivity index (χ0) is 14.3. The van der Waals surface area contributed by atoms with Gasteiger partial charge in [-0.15, -0.1) is 12.3 Å². The van der Waals surface area contributed by atoms with Gasteiger partial charge in [0.2, 0.25) is 0 Å². The Hall–Kier alpha value is -2.15. The SMILES string of the molecule is C#CCC(CC)NC(=O)c1cccc(N)c1OCC. The quantitative estimate of drug-likeness (QED) is 0.609. The fraction of sp³-hybridized carbons (Fsp3) is 0.400. The molecule has 0 saturated heterocycles. The van der Waals surface area contributed by atoms with E-state index in [1.165, 1.54) is 0 Å². The Kier molecular flexibility index (Phi) is 5.74. The molecule has 0 radical (unpaired) electrons. The van der Waals surface area contributed by atoms with E-state index in [1.54, 1.807) is 18.2 Å². The Morgan fingerprint density at radius 3 is 2.84 bits per heavy atom. The molecule has 0 aliphatic rings. The van der Waals surface area contributed by atoms with Gasteiger partial charge in [0.1, 0.15) is 0 Å². The predicted molar refractivity (Wildman–Crippen MR) is 77.0 cm³/mol. The van der Waals surface area contributed by atoms with E-state index in [-0.39, 0.29) is 11.9 Å². The number of benzene rings is 1. The summed E-state index contributed by atoms with van der Waals surface area (Å²) in [6, 6.07) is 5.10. The maximum atomic E-state index is 12.2.